The number of rotatable bonds is 8. The normalized spacial score (nSPS) is 20.4. The van der Waals surface area contributed by atoms with Crippen molar-refractivity contribution < 1.29 is 19.1 Å². The van der Waals surface area contributed by atoms with Crippen LogP contribution in [0.2, 0.25) is 0 Å². The van der Waals surface area contributed by atoms with Crippen LogP contribution in [0.15, 0.2) is 42.0 Å². The maximum atomic E-state index is 13.1. The lowest BCUT2D eigenvalue weighted by atomic mass is 9.99. The van der Waals surface area contributed by atoms with Crippen LogP contribution in [-0.2, 0) is 32.1 Å². The van der Waals surface area contributed by atoms with Crippen molar-refractivity contribution in [3.63, 3.8) is 0 Å². The van der Waals surface area contributed by atoms with Crippen LogP contribution in [0.1, 0.15) is 29.7 Å². The van der Waals surface area contributed by atoms with Crippen LogP contribution >= 0.6 is 11.3 Å². The van der Waals surface area contributed by atoms with Gasteiger partial charge in [0.25, 0.3) is 0 Å². The first-order chi connectivity index (χ1) is 15.7. The largest absolute Gasteiger partial charge is 0.381 e. The molecule has 0 unspecified atom stereocenters. The van der Waals surface area contributed by atoms with Gasteiger partial charge < -0.3 is 19.3 Å². The summed E-state index contributed by atoms with van der Waals surface area (Å²) in [7, 11) is 0. The van der Waals surface area contributed by atoms with Crippen LogP contribution in [0.5, 0.6) is 0 Å². The van der Waals surface area contributed by atoms with Crippen molar-refractivity contribution in [3.8, 4) is 0 Å². The summed E-state index contributed by atoms with van der Waals surface area (Å²) < 4.78 is 11.7. The minimum absolute atomic E-state index is 0.00782. The SMILES string of the molecule is O=C(CCc1cccs1)N1CC(=O)N(CC2CCOCC2)C[C@@H](OCc2cccnc2)C1. The Labute approximate surface area is 193 Å². The Bertz CT molecular complexity index is 855. The number of carbonyl (C=O) groups is 2. The molecule has 0 N–H and O–H groups in total. The number of ether oxygens (including phenoxy) is 2. The quantitative estimate of drug-likeness (QED) is 0.610. The molecule has 8 heteroatoms. The van der Waals surface area contributed by atoms with Crippen LogP contribution in [0.3, 0.4) is 0 Å². The molecule has 7 nitrogen and oxygen atoms in total. The van der Waals surface area contributed by atoms with E-state index in [4.69, 9.17) is 9.47 Å². The molecule has 2 aromatic rings. The number of aromatic nitrogens is 1. The molecule has 2 aromatic heterocycles. The van der Waals surface area contributed by atoms with Gasteiger partial charge in [0.1, 0.15) is 0 Å². The lowest BCUT2D eigenvalue weighted by molar-refractivity contribution is -0.139. The van der Waals surface area contributed by atoms with Crippen molar-refractivity contribution in [3.05, 3.63) is 52.5 Å². The van der Waals surface area contributed by atoms with Gasteiger partial charge in [0.05, 0.1) is 19.3 Å². The second-order valence-corrected chi connectivity index (χ2v) is 9.53. The predicted molar refractivity (Wildman–Crippen MR) is 122 cm³/mol. The molecule has 2 aliphatic rings. The Morgan fingerprint density at radius 3 is 2.84 bits per heavy atom. The maximum absolute atomic E-state index is 13.1. The van der Waals surface area contributed by atoms with Gasteiger partial charge in [0, 0.05) is 56.5 Å². The molecule has 0 bridgehead atoms. The highest BCUT2D eigenvalue weighted by atomic mass is 32.1. The summed E-state index contributed by atoms with van der Waals surface area (Å²) in [5, 5.41) is 2.02. The number of pyridine rings is 1. The van der Waals surface area contributed by atoms with Gasteiger partial charge in [0.15, 0.2) is 0 Å². The fourth-order valence-corrected chi connectivity index (χ4v) is 4.94. The number of hydrogen-bond donors (Lipinski definition) is 0. The number of carbonyl (C=O) groups excluding carboxylic acids is 2. The monoisotopic (exact) mass is 457 g/mol. The van der Waals surface area contributed by atoms with Crippen molar-refractivity contribution in [2.75, 3.05) is 39.4 Å². The predicted octanol–water partition coefficient (Wildman–Crippen LogP) is 2.76. The topological polar surface area (TPSA) is 72.0 Å². The molecule has 2 fully saturated rings. The third-order valence-corrected chi connectivity index (χ3v) is 7.01. The molecule has 1 atom stereocenters. The van der Waals surface area contributed by atoms with Crippen LogP contribution < -0.4 is 0 Å². The van der Waals surface area contributed by atoms with Gasteiger partial charge in [-0.05, 0) is 48.3 Å². The summed E-state index contributed by atoms with van der Waals surface area (Å²) in [5.74, 6) is 0.454. The molecule has 0 radical (unpaired) electrons. The van der Waals surface area contributed by atoms with Crippen LogP contribution in [0.4, 0.5) is 0 Å². The zero-order valence-corrected chi connectivity index (χ0v) is 19.2. The van der Waals surface area contributed by atoms with E-state index >= 15 is 0 Å². The molecule has 2 amide bonds. The van der Waals surface area contributed by atoms with Crippen LogP contribution in [-0.4, -0.2) is 72.1 Å². The zero-order valence-electron chi connectivity index (χ0n) is 18.4. The number of nitrogens with zero attached hydrogens (tertiary/aromatic N) is 3. The van der Waals surface area contributed by atoms with Gasteiger partial charge in [-0.2, -0.15) is 0 Å². The van der Waals surface area contributed by atoms with Crippen LogP contribution in [0.25, 0.3) is 0 Å². The highest BCUT2D eigenvalue weighted by molar-refractivity contribution is 7.09. The Hall–Kier alpha value is -2.29. The molecule has 4 heterocycles. The van der Waals surface area contributed by atoms with E-state index in [0.29, 0.717) is 45.0 Å². The van der Waals surface area contributed by atoms with E-state index in [9.17, 15) is 9.59 Å². The number of amides is 2. The van der Waals surface area contributed by atoms with E-state index in [-0.39, 0.29) is 24.5 Å². The number of aryl methyl sites for hydroxylation is 1. The minimum Gasteiger partial charge on any atom is -0.381 e. The van der Waals surface area contributed by atoms with Gasteiger partial charge in [-0.25, -0.2) is 0 Å². The number of hydrogen-bond acceptors (Lipinski definition) is 6. The summed E-state index contributed by atoms with van der Waals surface area (Å²) >= 11 is 1.66. The fraction of sp³-hybridized carbons (Fsp3) is 0.542. The van der Waals surface area contributed by atoms with Crippen molar-refractivity contribution in [2.24, 2.45) is 5.92 Å². The van der Waals surface area contributed by atoms with Crippen molar-refractivity contribution in [1.29, 1.82) is 0 Å². The van der Waals surface area contributed by atoms with E-state index in [1.54, 1.807) is 28.6 Å². The first-order valence-corrected chi connectivity index (χ1v) is 12.2. The average Bonchev–Trinajstić information content (AvgIpc) is 3.29. The van der Waals surface area contributed by atoms with Crippen molar-refractivity contribution in [2.45, 2.75) is 38.4 Å². The molecule has 0 aromatic carbocycles. The first kappa shape index (κ1) is 22.9. The van der Waals surface area contributed by atoms with Gasteiger partial charge >= 0.3 is 0 Å². The summed E-state index contributed by atoms with van der Waals surface area (Å²) in [6.45, 7) is 3.67. The molecule has 2 aliphatic heterocycles. The van der Waals surface area contributed by atoms with E-state index in [1.807, 2.05) is 34.5 Å². The summed E-state index contributed by atoms with van der Waals surface area (Å²) in [6.07, 6.45) is 6.33. The highest BCUT2D eigenvalue weighted by Gasteiger charge is 2.32. The third kappa shape index (κ3) is 6.60. The standard InChI is InChI=1S/C24H31N3O4S/c28-23(6-5-22-4-2-12-32-22)27-16-21(31-18-20-3-1-9-25-13-20)15-26(24(29)17-27)14-19-7-10-30-11-8-19/h1-4,9,12-13,19,21H,5-8,10-11,14-18H2/t21-/m1/s1. The molecule has 2 saturated heterocycles. The molecule has 32 heavy (non-hydrogen) atoms. The van der Waals surface area contributed by atoms with Gasteiger partial charge in [0.2, 0.25) is 11.8 Å². The Kier molecular flexibility index (Phi) is 8.25. The van der Waals surface area contributed by atoms with E-state index < -0.39 is 0 Å². The lowest BCUT2D eigenvalue weighted by Gasteiger charge is -2.30. The van der Waals surface area contributed by atoms with Gasteiger partial charge in [-0.3, -0.25) is 14.6 Å². The fourth-order valence-electron chi connectivity index (χ4n) is 4.23. The molecule has 0 aliphatic carbocycles. The molecular weight excluding hydrogens is 426 g/mol. The average molecular weight is 458 g/mol. The Balaban J connectivity index is 1.41. The molecule has 0 saturated carbocycles. The van der Waals surface area contributed by atoms with E-state index in [1.165, 1.54) is 4.88 Å². The molecule has 4 rings (SSSR count). The minimum atomic E-state index is -0.229. The second-order valence-electron chi connectivity index (χ2n) is 8.50. The lowest BCUT2D eigenvalue weighted by Crippen LogP contribution is -2.42. The third-order valence-electron chi connectivity index (χ3n) is 6.07. The maximum Gasteiger partial charge on any atom is 0.242 e. The van der Waals surface area contributed by atoms with Crippen molar-refractivity contribution >= 4 is 23.2 Å². The molecule has 0 spiro atoms. The zero-order chi connectivity index (χ0) is 22.2. The van der Waals surface area contributed by atoms with E-state index in [2.05, 4.69) is 4.98 Å². The highest BCUT2D eigenvalue weighted by Crippen LogP contribution is 2.20. The van der Waals surface area contributed by atoms with Gasteiger partial charge in [-0.1, -0.05) is 12.1 Å². The van der Waals surface area contributed by atoms with Crippen LogP contribution in [0, 0.1) is 5.92 Å². The van der Waals surface area contributed by atoms with E-state index in [0.717, 1.165) is 31.6 Å². The molecular formula is C24H31N3O4S. The number of thiophene rings is 1. The smallest absolute Gasteiger partial charge is 0.242 e. The second kappa shape index (κ2) is 11.5. The Morgan fingerprint density at radius 1 is 1.22 bits per heavy atom. The summed E-state index contributed by atoms with van der Waals surface area (Å²) in [5.41, 5.74) is 0.981. The van der Waals surface area contributed by atoms with Crippen molar-refractivity contribution in [1.82, 2.24) is 14.8 Å². The Morgan fingerprint density at radius 2 is 2.09 bits per heavy atom. The molecule has 172 valence electrons. The van der Waals surface area contributed by atoms with Gasteiger partial charge in [-0.15, -0.1) is 11.3 Å². The summed E-state index contributed by atoms with van der Waals surface area (Å²) in [6, 6.07) is 7.89. The first-order valence-electron chi connectivity index (χ1n) is 11.3. The summed E-state index contributed by atoms with van der Waals surface area (Å²) in [4.78, 5) is 35.0.